The van der Waals surface area contributed by atoms with Gasteiger partial charge in [-0.3, -0.25) is 4.79 Å². The van der Waals surface area contributed by atoms with Crippen LogP contribution >= 0.6 is 0 Å². The van der Waals surface area contributed by atoms with E-state index >= 15 is 0 Å². The topological polar surface area (TPSA) is 73.5 Å². The SMILES string of the molecule is Cc1cccn2cc(COc3ccccc3C(=O)Nc3cccc(-n4cccn4)c3)nc12. The van der Waals surface area contributed by atoms with Crippen LogP contribution in [0, 0.1) is 6.92 Å². The van der Waals surface area contributed by atoms with Crippen LogP contribution in [0.1, 0.15) is 21.6 Å². The first-order valence-electron chi connectivity index (χ1n) is 10.2. The molecule has 32 heavy (non-hydrogen) atoms. The van der Waals surface area contributed by atoms with Crippen molar-refractivity contribution in [2.45, 2.75) is 13.5 Å². The average Bonchev–Trinajstić information content (AvgIpc) is 3.49. The number of nitrogens with one attached hydrogen (secondary N) is 1. The summed E-state index contributed by atoms with van der Waals surface area (Å²) in [6.45, 7) is 2.29. The third-order valence-electron chi connectivity index (χ3n) is 5.11. The molecule has 0 aliphatic carbocycles. The summed E-state index contributed by atoms with van der Waals surface area (Å²) in [7, 11) is 0. The average molecular weight is 423 g/mol. The Balaban J connectivity index is 1.33. The minimum atomic E-state index is -0.246. The second kappa shape index (κ2) is 8.39. The maximum atomic E-state index is 13.0. The van der Waals surface area contributed by atoms with Gasteiger partial charge in [-0.25, -0.2) is 9.67 Å². The van der Waals surface area contributed by atoms with Gasteiger partial charge in [-0.05, 0) is 55.0 Å². The minimum absolute atomic E-state index is 0.246. The highest BCUT2D eigenvalue weighted by atomic mass is 16.5. The van der Waals surface area contributed by atoms with E-state index in [0.29, 0.717) is 17.0 Å². The summed E-state index contributed by atoms with van der Waals surface area (Å²) in [5.41, 5.74) is 4.77. The van der Waals surface area contributed by atoms with E-state index in [1.807, 2.05) is 84.5 Å². The highest BCUT2D eigenvalue weighted by Crippen LogP contribution is 2.22. The number of aryl methyl sites for hydroxylation is 1. The number of amides is 1. The standard InChI is InChI=1S/C25H21N5O2/c1-18-7-5-13-29-16-20(27-24(18)29)17-32-23-11-3-2-10-22(23)25(31)28-19-8-4-9-21(15-19)30-14-6-12-26-30/h2-16H,17H2,1H3,(H,28,31). The van der Waals surface area contributed by atoms with Gasteiger partial charge in [0.2, 0.25) is 0 Å². The zero-order valence-electron chi connectivity index (χ0n) is 17.5. The summed E-state index contributed by atoms with van der Waals surface area (Å²) in [6, 6.07) is 20.6. The third kappa shape index (κ3) is 3.96. The van der Waals surface area contributed by atoms with E-state index in [0.717, 1.165) is 22.6 Å². The van der Waals surface area contributed by atoms with Gasteiger partial charge in [0.05, 0.1) is 16.9 Å². The molecule has 5 aromatic rings. The molecule has 0 bridgehead atoms. The molecule has 0 atom stereocenters. The lowest BCUT2D eigenvalue weighted by atomic mass is 10.1. The molecule has 1 N–H and O–H groups in total. The number of nitrogens with zero attached hydrogens (tertiary/aromatic N) is 4. The van der Waals surface area contributed by atoms with Crippen LogP contribution in [-0.2, 0) is 6.61 Å². The lowest BCUT2D eigenvalue weighted by Crippen LogP contribution is -2.14. The fourth-order valence-corrected chi connectivity index (χ4v) is 3.55. The van der Waals surface area contributed by atoms with Crippen molar-refractivity contribution < 1.29 is 9.53 Å². The Labute approximate surface area is 184 Å². The van der Waals surface area contributed by atoms with Gasteiger partial charge in [0.15, 0.2) is 0 Å². The largest absolute Gasteiger partial charge is 0.486 e. The zero-order chi connectivity index (χ0) is 21.9. The van der Waals surface area contributed by atoms with E-state index in [1.165, 1.54) is 0 Å². The monoisotopic (exact) mass is 423 g/mol. The number of rotatable bonds is 6. The predicted molar refractivity (Wildman–Crippen MR) is 122 cm³/mol. The Morgan fingerprint density at radius 2 is 1.94 bits per heavy atom. The van der Waals surface area contributed by atoms with Crippen molar-refractivity contribution in [3.05, 3.63) is 108 Å². The van der Waals surface area contributed by atoms with Crippen molar-refractivity contribution in [1.29, 1.82) is 0 Å². The van der Waals surface area contributed by atoms with Crippen LogP contribution in [0.2, 0.25) is 0 Å². The Morgan fingerprint density at radius 3 is 2.78 bits per heavy atom. The number of fused-ring (bicyclic) bond motifs is 1. The van der Waals surface area contributed by atoms with Gasteiger partial charge in [0, 0.05) is 30.5 Å². The number of imidazole rings is 1. The van der Waals surface area contributed by atoms with Crippen molar-refractivity contribution in [2.24, 2.45) is 0 Å². The van der Waals surface area contributed by atoms with Crippen LogP contribution in [0.3, 0.4) is 0 Å². The number of hydrogen-bond acceptors (Lipinski definition) is 4. The first-order valence-corrected chi connectivity index (χ1v) is 10.2. The fourth-order valence-electron chi connectivity index (χ4n) is 3.55. The van der Waals surface area contributed by atoms with Crippen LogP contribution in [-0.4, -0.2) is 25.1 Å². The summed E-state index contributed by atoms with van der Waals surface area (Å²) in [5.74, 6) is 0.256. The van der Waals surface area contributed by atoms with E-state index in [2.05, 4.69) is 15.4 Å². The number of para-hydroxylation sites is 1. The number of benzene rings is 2. The van der Waals surface area contributed by atoms with Crippen LogP contribution in [0.5, 0.6) is 5.75 Å². The maximum Gasteiger partial charge on any atom is 0.259 e. The molecule has 0 spiro atoms. The molecule has 0 aliphatic rings. The van der Waals surface area contributed by atoms with E-state index in [9.17, 15) is 4.79 Å². The second-order valence-electron chi connectivity index (χ2n) is 7.39. The molecule has 1 amide bonds. The lowest BCUT2D eigenvalue weighted by molar-refractivity contribution is 0.102. The van der Waals surface area contributed by atoms with E-state index in [-0.39, 0.29) is 12.5 Å². The van der Waals surface area contributed by atoms with Gasteiger partial charge < -0.3 is 14.5 Å². The highest BCUT2D eigenvalue weighted by molar-refractivity contribution is 6.06. The molecule has 7 nitrogen and oxygen atoms in total. The third-order valence-corrected chi connectivity index (χ3v) is 5.11. The molecule has 0 saturated carbocycles. The summed E-state index contributed by atoms with van der Waals surface area (Å²) < 4.78 is 9.69. The van der Waals surface area contributed by atoms with Crippen LogP contribution in [0.25, 0.3) is 11.3 Å². The van der Waals surface area contributed by atoms with Gasteiger partial charge >= 0.3 is 0 Å². The highest BCUT2D eigenvalue weighted by Gasteiger charge is 2.14. The molecule has 3 aromatic heterocycles. The van der Waals surface area contributed by atoms with Crippen molar-refractivity contribution in [1.82, 2.24) is 19.2 Å². The van der Waals surface area contributed by atoms with Gasteiger partial charge in [0.1, 0.15) is 18.0 Å². The second-order valence-corrected chi connectivity index (χ2v) is 7.39. The summed E-state index contributed by atoms with van der Waals surface area (Å²) in [4.78, 5) is 17.6. The quantitative estimate of drug-likeness (QED) is 0.431. The normalized spacial score (nSPS) is 10.9. The zero-order valence-corrected chi connectivity index (χ0v) is 17.5. The number of carbonyl (C=O) groups excluding carboxylic acids is 1. The first kappa shape index (κ1) is 19.6. The van der Waals surface area contributed by atoms with Gasteiger partial charge in [-0.1, -0.05) is 24.3 Å². The van der Waals surface area contributed by atoms with Crippen LogP contribution < -0.4 is 10.1 Å². The molecule has 5 rings (SSSR count). The summed E-state index contributed by atoms with van der Waals surface area (Å²) in [6.07, 6.45) is 7.46. The summed E-state index contributed by atoms with van der Waals surface area (Å²) >= 11 is 0. The molecule has 0 unspecified atom stereocenters. The molecule has 3 heterocycles. The molecular formula is C25H21N5O2. The molecule has 0 saturated heterocycles. The van der Waals surface area contributed by atoms with Crippen molar-refractivity contribution >= 4 is 17.2 Å². The smallest absolute Gasteiger partial charge is 0.259 e. The predicted octanol–water partition coefficient (Wildman–Crippen LogP) is 4.66. The molecule has 0 fully saturated rings. The first-order chi connectivity index (χ1) is 15.7. The van der Waals surface area contributed by atoms with Gasteiger partial charge in [-0.2, -0.15) is 5.10 Å². The van der Waals surface area contributed by atoms with Gasteiger partial charge in [0.25, 0.3) is 5.91 Å². The molecule has 0 aliphatic heterocycles. The number of ether oxygens (including phenoxy) is 1. The molecule has 2 aromatic carbocycles. The van der Waals surface area contributed by atoms with E-state index in [1.54, 1.807) is 23.0 Å². The summed E-state index contributed by atoms with van der Waals surface area (Å²) in [5, 5.41) is 7.18. The maximum absolute atomic E-state index is 13.0. The van der Waals surface area contributed by atoms with Crippen molar-refractivity contribution in [2.75, 3.05) is 5.32 Å². The van der Waals surface area contributed by atoms with Crippen LogP contribution in [0.4, 0.5) is 5.69 Å². The number of aromatic nitrogens is 4. The number of pyridine rings is 1. The molecule has 0 radical (unpaired) electrons. The Hall–Kier alpha value is -4.39. The van der Waals surface area contributed by atoms with E-state index in [4.69, 9.17) is 4.74 Å². The Kier molecular flexibility index (Phi) is 5.13. The number of anilines is 1. The van der Waals surface area contributed by atoms with Crippen molar-refractivity contribution in [3.8, 4) is 11.4 Å². The fraction of sp³-hybridized carbons (Fsp3) is 0.0800. The molecule has 7 heteroatoms. The molecular weight excluding hydrogens is 402 g/mol. The van der Waals surface area contributed by atoms with E-state index < -0.39 is 0 Å². The van der Waals surface area contributed by atoms with Crippen molar-refractivity contribution in [3.63, 3.8) is 0 Å². The number of hydrogen-bond donors (Lipinski definition) is 1. The van der Waals surface area contributed by atoms with Gasteiger partial charge in [-0.15, -0.1) is 0 Å². The van der Waals surface area contributed by atoms with Crippen LogP contribution in [0.15, 0.2) is 91.5 Å². The lowest BCUT2D eigenvalue weighted by Gasteiger charge is -2.12. The minimum Gasteiger partial charge on any atom is -0.486 e. The Bertz CT molecular complexity index is 1390. The number of carbonyl (C=O) groups is 1. The Morgan fingerprint density at radius 1 is 1.03 bits per heavy atom. The molecule has 158 valence electrons.